The highest BCUT2D eigenvalue weighted by atomic mass is 19.1. The van der Waals surface area contributed by atoms with Crippen LogP contribution in [0.4, 0.5) is 8.78 Å². The molecule has 1 N–H and O–H groups in total. The minimum absolute atomic E-state index is 0.0304. The van der Waals surface area contributed by atoms with Gasteiger partial charge in [0.05, 0.1) is 6.61 Å². The fourth-order valence-electron chi connectivity index (χ4n) is 1.55. The molecule has 0 saturated carbocycles. The summed E-state index contributed by atoms with van der Waals surface area (Å²) in [6.45, 7) is -0.502. The van der Waals surface area contributed by atoms with Crippen molar-refractivity contribution in [2.24, 2.45) is 0 Å². The van der Waals surface area contributed by atoms with Crippen LogP contribution >= 0.6 is 0 Å². The zero-order chi connectivity index (χ0) is 11.5. The molecule has 0 atom stereocenters. The molecule has 16 heavy (non-hydrogen) atoms. The fourth-order valence-corrected chi connectivity index (χ4v) is 1.55. The Hall–Kier alpha value is -1.74. The van der Waals surface area contributed by atoms with E-state index in [1.807, 2.05) is 0 Å². The molecule has 2 rings (SSSR count). The molecule has 0 spiro atoms. The van der Waals surface area contributed by atoms with Crippen molar-refractivity contribution in [2.75, 3.05) is 0 Å². The summed E-state index contributed by atoms with van der Waals surface area (Å²) >= 11 is 0. The van der Waals surface area contributed by atoms with Gasteiger partial charge in [-0.05, 0) is 17.7 Å². The first-order valence-electron chi connectivity index (χ1n) is 4.86. The Bertz CT molecular complexity index is 495. The molecule has 0 unspecified atom stereocenters. The first-order valence-corrected chi connectivity index (χ1v) is 4.86. The summed E-state index contributed by atoms with van der Waals surface area (Å²) in [4.78, 5) is 0. The third-order valence-corrected chi connectivity index (χ3v) is 2.39. The van der Waals surface area contributed by atoms with Crippen LogP contribution in [0.3, 0.4) is 0 Å². The third-order valence-electron chi connectivity index (χ3n) is 2.39. The van der Waals surface area contributed by atoms with Crippen LogP contribution in [0, 0.1) is 11.6 Å². The first-order chi connectivity index (χ1) is 7.72. The average Bonchev–Trinajstić information content (AvgIpc) is 2.32. The standard InChI is InChI=1S/C13H10F2O/c14-12-7-11(9-4-2-1-3-5-9)13(15)6-10(12)8-16/h1-7,16H,8H2. The van der Waals surface area contributed by atoms with Gasteiger partial charge in [-0.1, -0.05) is 30.3 Å². The van der Waals surface area contributed by atoms with E-state index < -0.39 is 18.2 Å². The van der Waals surface area contributed by atoms with Crippen LogP contribution in [0.5, 0.6) is 0 Å². The maximum atomic E-state index is 13.6. The average molecular weight is 220 g/mol. The minimum Gasteiger partial charge on any atom is -0.392 e. The van der Waals surface area contributed by atoms with Crippen LogP contribution in [-0.4, -0.2) is 5.11 Å². The van der Waals surface area contributed by atoms with E-state index in [0.717, 1.165) is 12.1 Å². The molecule has 0 amide bonds. The van der Waals surface area contributed by atoms with E-state index in [9.17, 15) is 8.78 Å². The number of benzene rings is 2. The van der Waals surface area contributed by atoms with Gasteiger partial charge in [0, 0.05) is 11.1 Å². The molecule has 2 aromatic rings. The Morgan fingerprint density at radius 1 is 0.938 bits per heavy atom. The quantitative estimate of drug-likeness (QED) is 0.824. The topological polar surface area (TPSA) is 20.2 Å². The summed E-state index contributed by atoms with van der Waals surface area (Å²) in [5, 5.41) is 8.80. The highest BCUT2D eigenvalue weighted by Gasteiger charge is 2.10. The summed E-state index contributed by atoms with van der Waals surface area (Å²) < 4.78 is 27.0. The number of hydrogen-bond acceptors (Lipinski definition) is 1. The molecule has 0 heterocycles. The maximum Gasteiger partial charge on any atom is 0.131 e. The molecule has 3 heteroatoms. The molecule has 2 aromatic carbocycles. The smallest absolute Gasteiger partial charge is 0.131 e. The van der Waals surface area contributed by atoms with Gasteiger partial charge in [-0.25, -0.2) is 8.78 Å². The van der Waals surface area contributed by atoms with E-state index in [2.05, 4.69) is 0 Å². The van der Waals surface area contributed by atoms with E-state index in [-0.39, 0.29) is 11.1 Å². The van der Waals surface area contributed by atoms with Crippen molar-refractivity contribution in [1.29, 1.82) is 0 Å². The van der Waals surface area contributed by atoms with E-state index in [4.69, 9.17) is 5.11 Å². The molecular formula is C13H10F2O. The Labute approximate surface area is 92.0 Å². The monoisotopic (exact) mass is 220 g/mol. The van der Waals surface area contributed by atoms with Crippen LogP contribution in [0.1, 0.15) is 5.56 Å². The van der Waals surface area contributed by atoms with Gasteiger partial charge in [-0.3, -0.25) is 0 Å². The van der Waals surface area contributed by atoms with Crippen LogP contribution in [-0.2, 0) is 6.61 Å². The molecule has 0 aliphatic heterocycles. The van der Waals surface area contributed by atoms with Crippen molar-refractivity contribution in [3.05, 3.63) is 59.7 Å². The van der Waals surface area contributed by atoms with Gasteiger partial charge in [0.15, 0.2) is 0 Å². The van der Waals surface area contributed by atoms with E-state index in [1.54, 1.807) is 30.3 Å². The molecule has 82 valence electrons. The van der Waals surface area contributed by atoms with Gasteiger partial charge < -0.3 is 5.11 Å². The van der Waals surface area contributed by atoms with Gasteiger partial charge in [-0.2, -0.15) is 0 Å². The Morgan fingerprint density at radius 2 is 1.62 bits per heavy atom. The number of aliphatic hydroxyl groups excluding tert-OH is 1. The Kier molecular flexibility index (Phi) is 2.97. The van der Waals surface area contributed by atoms with Gasteiger partial charge >= 0.3 is 0 Å². The summed E-state index contributed by atoms with van der Waals surface area (Å²) in [7, 11) is 0. The van der Waals surface area contributed by atoms with E-state index in [0.29, 0.717) is 5.56 Å². The summed E-state index contributed by atoms with van der Waals surface area (Å²) in [5.41, 5.74) is 0.788. The summed E-state index contributed by atoms with van der Waals surface area (Å²) in [6.07, 6.45) is 0. The Morgan fingerprint density at radius 3 is 2.25 bits per heavy atom. The minimum atomic E-state index is -0.595. The molecule has 0 aromatic heterocycles. The molecule has 0 bridgehead atoms. The van der Waals surface area contributed by atoms with Gasteiger partial charge in [0.2, 0.25) is 0 Å². The second kappa shape index (κ2) is 4.41. The lowest BCUT2D eigenvalue weighted by molar-refractivity contribution is 0.275. The van der Waals surface area contributed by atoms with Crippen molar-refractivity contribution in [2.45, 2.75) is 6.61 Å². The SMILES string of the molecule is OCc1cc(F)c(-c2ccccc2)cc1F. The number of hydrogen-bond donors (Lipinski definition) is 1. The summed E-state index contributed by atoms with van der Waals surface area (Å²) in [6, 6.07) is 10.9. The lowest BCUT2D eigenvalue weighted by Gasteiger charge is -2.06. The number of aliphatic hydroxyl groups is 1. The first kappa shape index (κ1) is 10.8. The van der Waals surface area contributed by atoms with E-state index in [1.165, 1.54) is 0 Å². The highest BCUT2D eigenvalue weighted by Crippen LogP contribution is 2.25. The van der Waals surface area contributed by atoms with Crippen LogP contribution in [0.25, 0.3) is 11.1 Å². The van der Waals surface area contributed by atoms with Gasteiger partial charge in [-0.15, -0.1) is 0 Å². The predicted molar refractivity (Wildman–Crippen MR) is 57.7 cm³/mol. The van der Waals surface area contributed by atoms with Crippen LogP contribution < -0.4 is 0 Å². The highest BCUT2D eigenvalue weighted by molar-refractivity contribution is 5.64. The lowest BCUT2D eigenvalue weighted by atomic mass is 10.0. The molecule has 0 fully saturated rings. The molecule has 0 saturated heterocycles. The summed E-state index contributed by atoms with van der Waals surface area (Å²) in [5.74, 6) is -1.13. The molecular weight excluding hydrogens is 210 g/mol. The predicted octanol–water partition coefficient (Wildman–Crippen LogP) is 3.12. The fraction of sp³-hybridized carbons (Fsp3) is 0.0769. The normalized spacial score (nSPS) is 10.4. The van der Waals surface area contributed by atoms with Crippen LogP contribution in [0.15, 0.2) is 42.5 Å². The van der Waals surface area contributed by atoms with Gasteiger partial charge in [0.25, 0.3) is 0 Å². The molecule has 0 radical (unpaired) electrons. The van der Waals surface area contributed by atoms with Crippen molar-refractivity contribution in [3.8, 4) is 11.1 Å². The van der Waals surface area contributed by atoms with Crippen LogP contribution in [0.2, 0.25) is 0 Å². The van der Waals surface area contributed by atoms with Gasteiger partial charge in [0.1, 0.15) is 11.6 Å². The second-order valence-electron chi connectivity index (χ2n) is 3.45. The lowest BCUT2D eigenvalue weighted by Crippen LogP contribution is -1.94. The maximum absolute atomic E-state index is 13.6. The zero-order valence-electron chi connectivity index (χ0n) is 8.45. The van der Waals surface area contributed by atoms with Crippen molar-refractivity contribution in [3.63, 3.8) is 0 Å². The van der Waals surface area contributed by atoms with E-state index >= 15 is 0 Å². The zero-order valence-corrected chi connectivity index (χ0v) is 8.45. The van der Waals surface area contributed by atoms with Crippen molar-refractivity contribution < 1.29 is 13.9 Å². The molecule has 1 nitrogen and oxygen atoms in total. The Balaban J connectivity index is 2.55. The third kappa shape index (κ3) is 1.95. The number of halogens is 2. The van der Waals surface area contributed by atoms with Crippen molar-refractivity contribution in [1.82, 2.24) is 0 Å². The molecule has 0 aliphatic rings. The van der Waals surface area contributed by atoms with Crippen molar-refractivity contribution >= 4 is 0 Å². The second-order valence-corrected chi connectivity index (χ2v) is 3.45. The molecule has 0 aliphatic carbocycles. The number of rotatable bonds is 2. The largest absolute Gasteiger partial charge is 0.392 e.